The Morgan fingerprint density at radius 3 is 2.47 bits per heavy atom. The van der Waals surface area contributed by atoms with Gasteiger partial charge in [-0.1, -0.05) is 30.7 Å². The number of hydrogen-bond acceptors (Lipinski definition) is 3. The first-order chi connectivity index (χ1) is 14.3. The van der Waals surface area contributed by atoms with Gasteiger partial charge in [0.25, 0.3) is 0 Å². The minimum Gasteiger partial charge on any atom is -0.364 e. The van der Waals surface area contributed by atoms with Crippen LogP contribution in [0.3, 0.4) is 0 Å². The van der Waals surface area contributed by atoms with Crippen LogP contribution < -0.4 is 10.2 Å². The van der Waals surface area contributed by atoms with Gasteiger partial charge in [0.1, 0.15) is 0 Å². The summed E-state index contributed by atoms with van der Waals surface area (Å²) in [4.78, 5) is 12.5. The number of rotatable bonds is 6. The highest BCUT2D eigenvalue weighted by atomic mass is 127. The van der Waals surface area contributed by atoms with E-state index < -0.39 is 0 Å². The van der Waals surface area contributed by atoms with Crippen LogP contribution in [0.25, 0.3) is 0 Å². The molecule has 1 aromatic rings. The summed E-state index contributed by atoms with van der Waals surface area (Å²) in [6.45, 7) is 12.0. The SMILES string of the molecule is CCNC(=NCc1ccc(N2CC=CC2)cc1)N1CCC(CN2CCCCC2)C1.I. The van der Waals surface area contributed by atoms with Gasteiger partial charge in [-0.05, 0) is 62.9 Å². The summed E-state index contributed by atoms with van der Waals surface area (Å²) in [5.74, 6) is 1.87. The predicted octanol–water partition coefficient (Wildman–Crippen LogP) is 3.95. The second-order valence-electron chi connectivity index (χ2n) is 8.67. The first kappa shape index (κ1) is 23.4. The monoisotopic (exact) mass is 523 g/mol. The van der Waals surface area contributed by atoms with Crippen molar-refractivity contribution in [3.63, 3.8) is 0 Å². The summed E-state index contributed by atoms with van der Waals surface area (Å²) < 4.78 is 0. The summed E-state index contributed by atoms with van der Waals surface area (Å²) >= 11 is 0. The van der Waals surface area contributed by atoms with Gasteiger partial charge in [0.05, 0.1) is 6.54 Å². The highest BCUT2D eigenvalue weighted by Crippen LogP contribution is 2.21. The molecule has 1 unspecified atom stereocenters. The van der Waals surface area contributed by atoms with E-state index in [0.717, 1.165) is 51.1 Å². The second kappa shape index (κ2) is 11.9. The van der Waals surface area contributed by atoms with E-state index in [-0.39, 0.29) is 24.0 Å². The van der Waals surface area contributed by atoms with Crippen molar-refractivity contribution in [2.75, 3.05) is 57.3 Å². The Kier molecular flexibility index (Phi) is 9.30. The van der Waals surface area contributed by atoms with Crippen molar-refractivity contribution in [2.45, 2.75) is 39.2 Å². The average Bonchev–Trinajstić information content (AvgIpc) is 3.45. The molecule has 0 radical (unpaired) electrons. The molecule has 5 nitrogen and oxygen atoms in total. The molecule has 4 rings (SSSR count). The van der Waals surface area contributed by atoms with Gasteiger partial charge in [-0.15, -0.1) is 24.0 Å². The van der Waals surface area contributed by atoms with Gasteiger partial charge in [0.2, 0.25) is 0 Å². The van der Waals surface area contributed by atoms with Gasteiger partial charge in [0, 0.05) is 45.0 Å². The highest BCUT2D eigenvalue weighted by Gasteiger charge is 2.26. The molecule has 2 fully saturated rings. The fourth-order valence-electron chi connectivity index (χ4n) is 4.77. The fraction of sp³-hybridized carbons (Fsp3) is 0.625. The lowest BCUT2D eigenvalue weighted by atomic mass is 10.1. The molecule has 6 heteroatoms. The minimum atomic E-state index is 0. The van der Waals surface area contributed by atoms with Crippen LogP contribution in [-0.4, -0.2) is 68.1 Å². The van der Waals surface area contributed by atoms with Crippen molar-refractivity contribution in [2.24, 2.45) is 10.9 Å². The number of anilines is 1. The lowest BCUT2D eigenvalue weighted by Gasteiger charge is -2.29. The summed E-state index contributed by atoms with van der Waals surface area (Å²) in [6.07, 6.45) is 9.94. The number of aliphatic imine (C=N–C) groups is 1. The Balaban J connectivity index is 0.00000256. The Morgan fingerprint density at radius 2 is 1.77 bits per heavy atom. The number of nitrogens with zero attached hydrogens (tertiary/aromatic N) is 4. The largest absolute Gasteiger partial charge is 0.364 e. The average molecular weight is 524 g/mol. The van der Waals surface area contributed by atoms with Crippen LogP contribution in [0.5, 0.6) is 0 Å². The summed E-state index contributed by atoms with van der Waals surface area (Å²) in [7, 11) is 0. The molecule has 3 aliphatic rings. The Morgan fingerprint density at radius 1 is 1.03 bits per heavy atom. The van der Waals surface area contributed by atoms with E-state index >= 15 is 0 Å². The molecule has 30 heavy (non-hydrogen) atoms. The molecule has 3 heterocycles. The van der Waals surface area contributed by atoms with E-state index in [1.807, 2.05) is 0 Å². The first-order valence-electron chi connectivity index (χ1n) is 11.6. The molecule has 0 aliphatic carbocycles. The molecule has 0 amide bonds. The number of halogens is 1. The molecular weight excluding hydrogens is 485 g/mol. The summed E-state index contributed by atoms with van der Waals surface area (Å²) in [5, 5.41) is 3.52. The third kappa shape index (κ3) is 6.36. The maximum atomic E-state index is 4.97. The summed E-state index contributed by atoms with van der Waals surface area (Å²) in [6, 6.07) is 8.91. The van der Waals surface area contributed by atoms with Crippen LogP contribution in [0.1, 0.15) is 38.2 Å². The molecular formula is C24H38IN5. The lowest BCUT2D eigenvalue weighted by Crippen LogP contribution is -2.41. The normalized spacial score (nSPS) is 22.4. The minimum absolute atomic E-state index is 0. The van der Waals surface area contributed by atoms with Crippen molar-refractivity contribution in [1.82, 2.24) is 15.1 Å². The van der Waals surface area contributed by atoms with Gasteiger partial charge < -0.3 is 20.0 Å². The van der Waals surface area contributed by atoms with E-state index in [9.17, 15) is 0 Å². The van der Waals surface area contributed by atoms with Gasteiger partial charge in [-0.2, -0.15) is 0 Å². The topological polar surface area (TPSA) is 34.1 Å². The van der Waals surface area contributed by atoms with Gasteiger partial charge in [0.15, 0.2) is 5.96 Å². The van der Waals surface area contributed by atoms with Gasteiger partial charge in [-0.25, -0.2) is 4.99 Å². The first-order valence-corrected chi connectivity index (χ1v) is 11.6. The van der Waals surface area contributed by atoms with Gasteiger partial charge >= 0.3 is 0 Å². The Labute approximate surface area is 199 Å². The second-order valence-corrected chi connectivity index (χ2v) is 8.67. The van der Waals surface area contributed by atoms with Crippen LogP contribution in [0.4, 0.5) is 5.69 Å². The molecule has 1 aromatic carbocycles. The third-order valence-electron chi connectivity index (χ3n) is 6.42. The van der Waals surface area contributed by atoms with Crippen LogP contribution in [-0.2, 0) is 6.54 Å². The smallest absolute Gasteiger partial charge is 0.194 e. The third-order valence-corrected chi connectivity index (χ3v) is 6.42. The van der Waals surface area contributed by atoms with E-state index in [1.54, 1.807) is 0 Å². The Bertz CT molecular complexity index is 688. The zero-order valence-corrected chi connectivity index (χ0v) is 20.8. The quantitative estimate of drug-likeness (QED) is 0.265. The fourth-order valence-corrected chi connectivity index (χ4v) is 4.77. The Hall–Kier alpha value is -1.28. The molecule has 0 saturated carbocycles. The van der Waals surface area contributed by atoms with Crippen LogP contribution in [0, 0.1) is 5.92 Å². The standard InChI is InChI=1S/C24H37N5.HI/c1-2-25-24(29-17-12-22(20-29)19-27-13-4-3-5-14-27)26-18-21-8-10-23(11-9-21)28-15-6-7-16-28;/h6-11,22H,2-5,12-20H2,1H3,(H,25,26);1H. The van der Waals surface area contributed by atoms with E-state index in [4.69, 9.17) is 4.99 Å². The van der Waals surface area contributed by atoms with Crippen LogP contribution in [0.15, 0.2) is 41.4 Å². The maximum absolute atomic E-state index is 4.97. The molecule has 0 bridgehead atoms. The molecule has 3 aliphatic heterocycles. The molecule has 1 atom stereocenters. The lowest BCUT2D eigenvalue weighted by molar-refractivity contribution is 0.198. The molecule has 2 saturated heterocycles. The highest BCUT2D eigenvalue weighted by molar-refractivity contribution is 14.0. The van der Waals surface area contributed by atoms with E-state index in [0.29, 0.717) is 0 Å². The van der Waals surface area contributed by atoms with E-state index in [1.165, 1.54) is 56.6 Å². The van der Waals surface area contributed by atoms with Crippen LogP contribution in [0.2, 0.25) is 0 Å². The molecule has 0 spiro atoms. The molecule has 1 N–H and O–H groups in total. The number of likely N-dealkylation sites (tertiary alicyclic amines) is 2. The number of benzene rings is 1. The number of guanidine groups is 1. The van der Waals surface area contributed by atoms with Crippen molar-refractivity contribution in [3.8, 4) is 0 Å². The van der Waals surface area contributed by atoms with Crippen molar-refractivity contribution >= 4 is 35.6 Å². The van der Waals surface area contributed by atoms with Crippen molar-refractivity contribution in [1.29, 1.82) is 0 Å². The van der Waals surface area contributed by atoms with Gasteiger partial charge in [-0.3, -0.25) is 0 Å². The number of hydrogen-bond donors (Lipinski definition) is 1. The van der Waals surface area contributed by atoms with E-state index in [2.05, 4.69) is 63.4 Å². The number of piperidine rings is 1. The zero-order chi connectivity index (χ0) is 19.9. The number of nitrogens with one attached hydrogen (secondary N) is 1. The molecule has 166 valence electrons. The predicted molar refractivity (Wildman–Crippen MR) is 138 cm³/mol. The molecule has 0 aromatic heterocycles. The van der Waals surface area contributed by atoms with Crippen molar-refractivity contribution in [3.05, 3.63) is 42.0 Å². The summed E-state index contributed by atoms with van der Waals surface area (Å²) in [5.41, 5.74) is 2.58. The zero-order valence-electron chi connectivity index (χ0n) is 18.4. The maximum Gasteiger partial charge on any atom is 0.194 e. The van der Waals surface area contributed by atoms with Crippen LogP contribution >= 0.6 is 24.0 Å². The van der Waals surface area contributed by atoms with Crippen molar-refractivity contribution < 1.29 is 0 Å².